The monoisotopic (exact) mass is 344 g/mol. The Morgan fingerprint density at radius 3 is 2.68 bits per heavy atom. The molecule has 1 aliphatic carbocycles. The van der Waals surface area contributed by atoms with Crippen molar-refractivity contribution in [2.24, 2.45) is 0 Å². The maximum atomic E-state index is 13.4. The molecule has 3 aliphatic heterocycles. The fourth-order valence-corrected chi connectivity index (χ4v) is 4.49. The van der Waals surface area contributed by atoms with Crippen LogP contribution in [0.25, 0.3) is 0 Å². The van der Waals surface area contributed by atoms with Gasteiger partial charge in [0.05, 0.1) is 19.0 Å². The van der Waals surface area contributed by atoms with Crippen LogP contribution in [0.15, 0.2) is 35.1 Å². The minimum atomic E-state index is 0.118. The zero-order valence-corrected chi connectivity index (χ0v) is 15.5. The van der Waals surface area contributed by atoms with Crippen molar-refractivity contribution in [2.45, 2.75) is 52.0 Å². The molecule has 0 atom stereocenters. The van der Waals surface area contributed by atoms with E-state index in [1.54, 1.807) is 12.2 Å². The standard InChI is InChI=1S/C19H28N4O2/c1-4-20-11-14(2)10-16-18(20)22-13-21(25-3)12-17(22)19(24)23(16)15-8-6-5-7-9-15/h10,12,15H,4-9,11,13H2,1-3H3. The van der Waals surface area contributed by atoms with Gasteiger partial charge in [-0.25, -0.2) is 5.06 Å². The van der Waals surface area contributed by atoms with Gasteiger partial charge in [0, 0.05) is 19.1 Å². The maximum Gasteiger partial charge on any atom is 0.276 e. The molecule has 25 heavy (non-hydrogen) atoms. The Hall–Kier alpha value is -1.95. The average Bonchev–Trinajstić information content (AvgIpc) is 3.06. The number of rotatable bonds is 3. The lowest BCUT2D eigenvalue weighted by atomic mass is 9.92. The summed E-state index contributed by atoms with van der Waals surface area (Å²) < 4.78 is 0. The van der Waals surface area contributed by atoms with Crippen molar-refractivity contribution in [3.8, 4) is 0 Å². The Morgan fingerprint density at radius 2 is 2.00 bits per heavy atom. The van der Waals surface area contributed by atoms with E-state index in [0.717, 1.165) is 43.1 Å². The second kappa shape index (κ2) is 6.41. The van der Waals surface area contributed by atoms with Gasteiger partial charge in [-0.1, -0.05) is 24.8 Å². The first kappa shape index (κ1) is 16.5. The third kappa shape index (κ3) is 2.63. The molecule has 1 fully saturated rings. The van der Waals surface area contributed by atoms with Crippen LogP contribution in [-0.4, -0.2) is 58.6 Å². The second-order valence-electron chi connectivity index (χ2n) is 7.36. The largest absolute Gasteiger partial charge is 0.352 e. The molecule has 6 nitrogen and oxygen atoms in total. The Bertz CT molecular complexity index is 660. The van der Waals surface area contributed by atoms with Gasteiger partial charge in [-0.3, -0.25) is 14.5 Å². The second-order valence-corrected chi connectivity index (χ2v) is 7.36. The Labute approximate surface area is 149 Å². The molecule has 0 aromatic heterocycles. The van der Waals surface area contributed by atoms with E-state index in [9.17, 15) is 4.79 Å². The molecule has 4 rings (SSSR count). The number of hydrogen-bond acceptors (Lipinski definition) is 5. The number of carbonyl (C=O) groups is 1. The number of hydroxylamine groups is 2. The summed E-state index contributed by atoms with van der Waals surface area (Å²) >= 11 is 0. The summed E-state index contributed by atoms with van der Waals surface area (Å²) in [4.78, 5) is 25.3. The molecular weight excluding hydrogens is 316 g/mol. The third-order valence-corrected chi connectivity index (χ3v) is 5.70. The van der Waals surface area contributed by atoms with Gasteiger partial charge in [0.25, 0.3) is 5.91 Å². The van der Waals surface area contributed by atoms with E-state index >= 15 is 0 Å². The van der Waals surface area contributed by atoms with E-state index in [1.165, 1.54) is 24.8 Å². The number of likely N-dealkylation sites (N-methyl/N-ethyl adjacent to an activating group) is 1. The average molecular weight is 344 g/mol. The van der Waals surface area contributed by atoms with Crippen molar-refractivity contribution in [3.63, 3.8) is 0 Å². The van der Waals surface area contributed by atoms with Crippen LogP contribution in [0, 0.1) is 0 Å². The lowest BCUT2D eigenvalue weighted by molar-refractivity contribution is -0.131. The van der Waals surface area contributed by atoms with Crippen molar-refractivity contribution in [1.29, 1.82) is 0 Å². The fourth-order valence-electron chi connectivity index (χ4n) is 4.49. The molecule has 3 heterocycles. The van der Waals surface area contributed by atoms with Crippen LogP contribution in [0.2, 0.25) is 0 Å². The van der Waals surface area contributed by atoms with E-state index in [0.29, 0.717) is 12.7 Å². The van der Waals surface area contributed by atoms with Crippen LogP contribution in [-0.2, 0) is 9.63 Å². The molecule has 0 aromatic carbocycles. The van der Waals surface area contributed by atoms with Gasteiger partial charge in [-0.05, 0) is 32.8 Å². The van der Waals surface area contributed by atoms with Crippen LogP contribution in [0.1, 0.15) is 46.0 Å². The molecule has 0 aromatic rings. The summed E-state index contributed by atoms with van der Waals surface area (Å²) in [7, 11) is 1.65. The third-order valence-electron chi connectivity index (χ3n) is 5.70. The zero-order chi connectivity index (χ0) is 17.6. The highest BCUT2D eigenvalue weighted by atomic mass is 16.7. The van der Waals surface area contributed by atoms with E-state index in [1.807, 2.05) is 6.20 Å². The first-order chi connectivity index (χ1) is 12.1. The molecule has 4 aliphatic rings. The number of nitrogens with zero attached hydrogens (tertiary/aromatic N) is 4. The predicted molar refractivity (Wildman–Crippen MR) is 95.4 cm³/mol. The van der Waals surface area contributed by atoms with Crippen LogP contribution in [0.4, 0.5) is 0 Å². The Kier molecular flexibility index (Phi) is 4.23. The lowest BCUT2D eigenvalue weighted by Crippen LogP contribution is -2.53. The van der Waals surface area contributed by atoms with Crippen LogP contribution in [0.5, 0.6) is 0 Å². The number of allylic oxidation sites excluding steroid dienone is 1. The van der Waals surface area contributed by atoms with Crippen molar-refractivity contribution >= 4 is 5.91 Å². The molecule has 0 unspecified atom stereocenters. The van der Waals surface area contributed by atoms with E-state index in [4.69, 9.17) is 4.84 Å². The van der Waals surface area contributed by atoms with Crippen molar-refractivity contribution in [2.75, 3.05) is 26.9 Å². The molecule has 0 spiro atoms. The van der Waals surface area contributed by atoms with Crippen molar-refractivity contribution in [3.05, 3.63) is 35.1 Å². The molecule has 0 saturated heterocycles. The number of fused-ring (bicyclic) bond motifs is 2. The van der Waals surface area contributed by atoms with Gasteiger partial charge in [-0.15, -0.1) is 0 Å². The van der Waals surface area contributed by atoms with Crippen LogP contribution < -0.4 is 0 Å². The molecule has 0 radical (unpaired) electrons. The molecular formula is C19H28N4O2. The van der Waals surface area contributed by atoms with Crippen LogP contribution >= 0.6 is 0 Å². The van der Waals surface area contributed by atoms with Gasteiger partial charge in [-0.2, -0.15) is 0 Å². The molecule has 1 amide bonds. The summed E-state index contributed by atoms with van der Waals surface area (Å²) in [5, 5.41) is 1.74. The van der Waals surface area contributed by atoms with Crippen molar-refractivity contribution in [1.82, 2.24) is 19.8 Å². The fraction of sp³-hybridized carbons (Fsp3) is 0.632. The molecule has 0 N–H and O–H groups in total. The number of hydrogen-bond donors (Lipinski definition) is 0. The molecule has 0 bridgehead atoms. The van der Waals surface area contributed by atoms with Gasteiger partial charge in [0.15, 0.2) is 0 Å². The summed E-state index contributed by atoms with van der Waals surface area (Å²) in [6, 6.07) is 0.312. The lowest BCUT2D eigenvalue weighted by Gasteiger charge is -2.47. The minimum Gasteiger partial charge on any atom is -0.352 e. The summed E-state index contributed by atoms with van der Waals surface area (Å²) in [5.74, 6) is 1.27. The molecule has 6 heteroatoms. The molecule has 136 valence electrons. The van der Waals surface area contributed by atoms with Crippen LogP contribution in [0.3, 0.4) is 0 Å². The van der Waals surface area contributed by atoms with Crippen molar-refractivity contribution < 1.29 is 9.63 Å². The highest BCUT2D eigenvalue weighted by Gasteiger charge is 2.44. The minimum absolute atomic E-state index is 0.118. The maximum absolute atomic E-state index is 13.4. The van der Waals surface area contributed by atoms with E-state index < -0.39 is 0 Å². The predicted octanol–water partition coefficient (Wildman–Crippen LogP) is 2.59. The first-order valence-corrected chi connectivity index (χ1v) is 9.44. The normalized spacial score (nSPS) is 24.5. The topological polar surface area (TPSA) is 39.3 Å². The Balaban J connectivity index is 1.82. The smallest absolute Gasteiger partial charge is 0.276 e. The SMILES string of the molecule is CCN1CC(C)=CC2=C1N1CN(OC)C=C1C(=O)N2C1CCCCC1. The van der Waals surface area contributed by atoms with E-state index in [2.05, 4.69) is 34.6 Å². The van der Waals surface area contributed by atoms with Gasteiger partial charge < -0.3 is 9.80 Å². The van der Waals surface area contributed by atoms with E-state index in [-0.39, 0.29) is 5.91 Å². The number of amides is 1. The first-order valence-electron chi connectivity index (χ1n) is 9.44. The van der Waals surface area contributed by atoms with Gasteiger partial charge in [0.2, 0.25) is 0 Å². The van der Waals surface area contributed by atoms with Gasteiger partial charge in [0.1, 0.15) is 18.2 Å². The summed E-state index contributed by atoms with van der Waals surface area (Å²) in [6.45, 7) is 6.75. The molecule has 1 saturated carbocycles. The number of carbonyl (C=O) groups excluding carboxylic acids is 1. The summed E-state index contributed by atoms with van der Waals surface area (Å²) in [5.41, 5.74) is 3.12. The highest BCUT2D eigenvalue weighted by Crippen LogP contribution is 2.40. The Morgan fingerprint density at radius 1 is 1.24 bits per heavy atom. The zero-order valence-electron chi connectivity index (χ0n) is 15.5. The highest BCUT2D eigenvalue weighted by molar-refractivity contribution is 5.96. The summed E-state index contributed by atoms with van der Waals surface area (Å²) in [6.07, 6.45) is 9.98. The van der Waals surface area contributed by atoms with Gasteiger partial charge >= 0.3 is 0 Å². The quantitative estimate of drug-likeness (QED) is 0.787.